The number of allylic oxidation sites excluding steroid dienone is 4. The first kappa shape index (κ1) is 57.3. The van der Waals surface area contributed by atoms with Crippen LogP contribution in [0, 0.1) is 0 Å². The predicted molar refractivity (Wildman–Crippen MR) is 255 cm³/mol. The van der Waals surface area contributed by atoms with E-state index in [1.807, 2.05) is 0 Å². The summed E-state index contributed by atoms with van der Waals surface area (Å²) >= 11 is 0. The molecule has 0 radical (unpaired) electrons. The molecule has 348 valence electrons. The number of nitrogens with one attached hydrogen (secondary N) is 1. The lowest BCUT2D eigenvalue weighted by atomic mass is 10.0. The van der Waals surface area contributed by atoms with Gasteiger partial charge in [0.15, 0.2) is 0 Å². The van der Waals surface area contributed by atoms with Crippen LogP contribution in [0.1, 0.15) is 278 Å². The van der Waals surface area contributed by atoms with Crippen molar-refractivity contribution in [1.29, 1.82) is 0 Å². The van der Waals surface area contributed by atoms with Crippen LogP contribution in [0.4, 0.5) is 0 Å². The third-order valence-corrected chi connectivity index (χ3v) is 12.0. The van der Waals surface area contributed by atoms with Gasteiger partial charge in [0.2, 0.25) is 5.91 Å². The molecule has 0 rings (SSSR count). The van der Waals surface area contributed by atoms with Gasteiger partial charge in [0.05, 0.1) is 25.2 Å². The lowest BCUT2D eigenvalue weighted by Gasteiger charge is -2.24. The van der Waals surface area contributed by atoms with Crippen molar-refractivity contribution >= 4 is 11.9 Å². The van der Waals surface area contributed by atoms with Crippen LogP contribution in [-0.2, 0) is 14.3 Å². The van der Waals surface area contributed by atoms with E-state index >= 15 is 0 Å². The van der Waals surface area contributed by atoms with Crippen molar-refractivity contribution in [3.63, 3.8) is 0 Å². The molecule has 0 fully saturated rings. The Kier molecular flexibility index (Phi) is 46.1. The Balaban J connectivity index is 4.47. The first-order valence-electron chi connectivity index (χ1n) is 26.1. The predicted octanol–water partition coefficient (Wildman–Crippen LogP) is 15.5. The monoisotopic (exact) mass is 832 g/mol. The van der Waals surface area contributed by atoms with Crippen LogP contribution in [0.2, 0.25) is 0 Å². The molecule has 3 atom stereocenters. The van der Waals surface area contributed by atoms with E-state index in [0.717, 1.165) is 57.8 Å². The third-order valence-electron chi connectivity index (χ3n) is 12.0. The van der Waals surface area contributed by atoms with Gasteiger partial charge < -0.3 is 20.3 Å². The van der Waals surface area contributed by atoms with Crippen LogP contribution < -0.4 is 5.32 Å². The van der Waals surface area contributed by atoms with E-state index in [2.05, 4.69) is 50.4 Å². The van der Waals surface area contributed by atoms with Crippen molar-refractivity contribution in [3.8, 4) is 0 Å². The summed E-state index contributed by atoms with van der Waals surface area (Å²) < 4.78 is 5.91. The van der Waals surface area contributed by atoms with Crippen molar-refractivity contribution in [3.05, 3.63) is 24.3 Å². The number of aliphatic hydroxyl groups is 2. The van der Waals surface area contributed by atoms with Gasteiger partial charge in [0, 0.05) is 6.42 Å². The fraction of sp³-hybridized carbons (Fsp3) is 0.887. The van der Waals surface area contributed by atoms with Crippen molar-refractivity contribution in [2.24, 2.45) is 0 Å². The van der Waals surface area contributed by atoms with Gasteiger partial charge in [0.1, 0.15) is 6.10 Å². The molecule has 3 N–H and O–H groups in total. The molecule has 6 nitrogen and oxygen atoms in total. The fourth-order valence-electron chi connectivity index (χ4n) is 8.01. The Morgan fingerprint density at radius 3 is 1.24 bits per heavy atom. The van der Waals surface area contributed by atoms with Crippen molar-refractivity contribution in [2.75, 3.05) is 6.61 Å². The maximum absolute atomic E-state index is 13.2. The van der Waals surface area contributed by atoms with Crippen molar-refractivity contribution < 1.29 is 24.5 Å². The molecule has 0 aliphatic heterocycles. The molecule has 3 unspecified atom stereocenters. The average Bonchev–Trinajstić information content (AvgIpc) is 3.23. The summed E-state index contributed by atoms with van der Waals surface area (Å²) in [6.45, 7) is 6.46. The summed E-state index contributed by atoms with van der Waals surface area (Å²) in [7, 11) is 0. The summed E-state index contributed by atoms with van der Waals surface area (Å²) in [6, 6.07) is -0.705. The molecule has 59 heavy (non-hydrogen) atoms. The van der Waals surface area contributed by atoms with E-state index in [0.29, 0.717) is 19.3 Å². The first-order valence-corrected chi connectivity index (χ1v) is 26.1. The number of carbonyl (C=O) groups excluding carboxylic acids is 2. The highest BCUT2D eigenvalue weighted by Crippen LogP contribution is 2.17. The summed E-state index contributed by atoms with van der Waals surface area (Å²) in [5, 5.41) is 23.7. The van der Waals surface area contributed by atoms with Gasteiger partial charge in [0.25, 0.3) is 0 Å². The third kappa shape index (κ3) is 42.8. The number of unbranched alkanes of at least 4 members (excludes halogenated alkanes) is 31. The van der Waals surface area contributed by atoms with Gasteiger partial charge in [-0.25, -0.2) is 0 Å². The highest BCUT2D eigenvalue weighted by atomic mass is 16.5. The van der Waals surface area contributed by atoms with Gasteiger partial charge in [-0.3, -0.25) is 9.59 Å². The van der Waals surface area contributed by atoms with Gasteiger partial charge in [-0.2, -0.15) is 0 Å². The molecule has 0 saturated heterocycles. The number of hydrogen-bond acceptors (Lipinski definition) is 5. The zero-order chi connectivity index (χ0) is 43.1. The Labute approximate surface area is 367 Å². The summed E-state index contributed by atoms with van der Waals surface area (Å²) in [5.41, 5.74) is 0. The SMILES string of the molecule is CCCCCCCC/C=C\CCCC(CC(=O)NC(CO)C(O)CCCCCCCCCCCC)OC(=O)CCCCCCCCCCC/C=C/CCCCCCCC. The number of aliphatic hydroxyl groups excluding tert-OH is 2. The molecule has 0 aliphatic rings. The minimum absolute atomic E-state index is 0.0597. The Hall–Kier alpha value is -1.66. The van der Waals surface area contributed by atoms with Crippen molar-refractivity contribution in [1.82, 2.24) is 5.32 Å². The molecule has 0 bridgehead atoms. The molecule has 0 saturated carbocycles. The summed E-state index contributed by atoms with van der Waals surface area (Å²) in [6.07, 6.45) is 53.9. The number of amides is 1. The van der Waals surface area contributed by atoms with Gasteiger partial charge in [-0.05, 0) is 70.6 Å². The van der Waals surface area contributed by atoms with E-state index in [1.165, 1.54) is 173 Å². The second-order valence-corrected chi connectivity index (χ2v) is 17.9. The van der Waals surface area contributed by atoms with Gasteiger partial charge in [-0.15, -0.1) is 0 Å². The number of hydrogen-bond donors (Lipinski definition) is 3. The van der Waals surface area contributed by atoms with E-state index < -0.39 is 18.2 Å². The van der Waals surface area contributed by atoms with E-state index in [-0.39, 0.29) is 24.9 Å². The van der Waals surface area contributed by atoms with E-state index in [9.17, 15) is 19.8 Å². The molecule has 0 heterocycles. The molecule has 6 heteroatoms. The van der Waals surface area contributed by atoms with Crippen molar-refractivity contribution in [2.45, 2.75) is 296 Å². The number of ether oxygens (including phenoxy) is 1. The quantitative estimate of drug-likeness (QED) is 0.0322. The second kappa shape index (κ2) is 47.4. The van der Waals surface area contributed by atoms with E-state index in [1.54, 1.807) is 0 Å². The maximum Gasteiger partial charge on any atom is 0.306 e. The zero-order valence-corrected chi connectivity index (χ0v) is 39.7. The average molecular weight is 832 g/mol. The molecule has 0 spiro atoms. The van der Waals surface area contributed by atoms with Crippen LogP contribution in [0.15, 0.2) is 24.3 Å². The molecule has 0 aromatic rings. The zero-order valence-electron chi connectivity index (χ0n) is 39.7. The topological polar surface area (TPSA) is 95.9 Å². The first-order chi connectivity index (χ1) is 29.0. The molecule has 0 aromatic carbocycles. The smallest absolute Gasteiger partial charge is 0.306 e. The summed E-state index contributed by atoms with van der Waals surface area (Å²) in [5.74, 6) is -0.496. The normalized spacial score (nSPS) is 13.4. The van der Waals surface area contributed by atoms with Crippen LogP contribution in [-0.4, -0.2) is 46.9 Å². The molecule has 0 aliphatic carbocycles. The highest BCUT2D eigenvalue weighted by molar-refractivity contribution is 5.77. The van der Waals surface area contributed by atoms with Gasteiger partial charge in [-0.1, -0.05) is 218 Å². The number of carbonyl (C=O) groups is 2. The van der Waals surface area contributed by atoms with Crippen LogP contribution >= 0.6 is 0 Å². The minimum atomic E-state index is -0.789. The largest absolute Gasteiger partial charge is 0.462 e. The molecular weight excluding hydrogens is 731 g/mol. The van der Waals surface area contributed by atoms with E-state index in [4.69, 9.17) is 4.74 Å². The highest BCUT2D eigenvalue weighted by Gasteiger charge is 2.24. The van der Waals surface area contributed by atoms with Crippen LogP contribution in [0.5, 0.6) is 0 Å². The lowest BCUT2D eigenvalue weighted by Crippen LogP contribution is -2.46. The van der Waals surface area contributed by atoms with Crippen LogP contribution in [0.3, 0.4) is 0 Å². The minimum Gasteiger partial charge on any atom is -0.462 e. The second-order valence-electron chi connectivity index (χ2n) is 17.9. The number of rotatable bonds is 47. The fourth-order valence-corrected chi connectivity index (χ4v) is 8.01. The Morgan fingerprint density at radius 1 is 0.475 bits per heavy atom. The molecule has 1 amide bonds. The lowest BCUT2D eigenvalue weighted by molar-refractivity contribution is -0.151. The molecule has 0 aromatic heterocycles. The summed E-state index contributed by atoms with van der Waals surface area (Å²) in [4.78, 5) is 26.1. The molecular formula is C53H101NO5. The number of esters is 1. The Bertz CT molecular complexity index is 935. The van der Waals surface area contributed by atoms with Crippen LogP contribution in [0.25, 0.3) is 0 Å². The maximum atomic E-state index is 13.2. The Morgan fingerprint density at radius 2 is 0.831 bits per heavy atom. The standard InChI is InChI=1S/C53H101NO5/c1-4-7-10-13-16-19-22-23-24-25-26-27-28-29-31-34-37-40-43-46-53(58)59-49(44-41-38-35-32-30-20-17-14-11-8-5-2)47-52(57)54-50(48-55)51(56)45-42-39-36-33-21-18-15-12-9-6-3/h23-24,32,35,49-51,55-56H,4-22,25-31,33-34,36-48H2,1-3H3,(H,54,57)/b24-23+,35-32-. The van der Waals surface area contributed by atoms with Gasteiger partial charge >= 0.3 is 5.97 Å².